The summed E-state index contributed by atoms with van der Waals surface area (Å²) in [6.45, 7) is 6.42. The highest BCUT2D eigenvalue weighted by Crippen LogP contribution is 2.20. The van der Waals surface area contributed by atoms with Crippen LogP contribution >= 0.6 is 0 Å². The Hall–Kier alpha value is -1.31. The molecule has 1 N–H and O–H groups in total. The van der Waals surface area contributed by atoms with Gasteiger partial charge in [-0.1, -0.05) is 51.1 Å². The van der Waals surface area contributed by atoms with Crippen LogP contribution in [0.5, 0.6) is 0 Å². The van der Waals surface area contributed by atoms with E-state index < -0.39 is 0 Å². The minimum absolute atomic E-state index is 0.250. The van der Waals surface area contributed by atoms with Gasteiger partial charge in [0, 0.05) is 0 Å². The number of hydrogen-bond acceptors (Lipinski definition) is 1. The highest BCUT2D eigenvalue weighted by molar-refractivity contribution is 5.32. The molecular formula is C11H16O2. The summed E-state index contributed by atoms with van der Waals surface area (Å²) < 4.78 is 0. The van der Waals surface area contributed by atoms with Crippen molar-refractivity contribution in [3.63, 3.8) is 0 Å². The molecule has 0 bridgehead atoms. The maximum Gasteiger partial charge on any atom is 0.290 e. The van der Waals surface area contributed by atoms with E-state index in [1.54, 1.807) is 0 Å². The first kappa shape index (κ1) is 11.7. The van der Waals surface area contributed by atoms with Gasteiger partial charge in [0.1, 0.15) is 0 Å². The molecule has 0 aliphatic carbocycles. The van der Waals surface area contributed by atoms with Gasteiger partial charge < -0.3 is 5.11 Å². The lowest BCUT2D eigenvalue weighted by Gasteiger charge is -2.18. The molecule has 0 spiro atoms. The predicted molar refractivity (Wildman–Crippen MR) is 53.8 cm³/mol. The van der Waals surface area contributed by atoms with Crippen LogP contribution in [0.1, 0.15) is 26.3 Å². The fourth-order valence-electron chi connectivity index (χ4n) is 0.938. The van der Waals surface area contributed by atoms with Crippen LogP contribution in [0.2, 0.25) is 0 Å². The Morgan fingerprint density at radius 2 is 1.54 bits per heavy atom. The van der Waals surface area contributed by atoms with Crippen LogP contribution < -0.4 is 0 Å². The molecule has 1 aromatic rings. The van der Waals surface area contributed by atoms with Crippen LogP contribution in [0.15, 0.2) is 30.3 Å². The fraction of sp³-hybridized carbons (Fsp3) is 0.364. The molecule has 0 aliphatic rings. The van der Waals surface area contributed by atoms with Crippen LogP contribution in [0.4, 0.5) is 0 Å². The molecule has 2 nitrogen and oxygen atoms in total. The first-order valence-corrected chi connectivity index (χ1v) is 4.15. The molecule has 1 aromatic carbocycles. The van der Waals surface area contributed by atoms with Gasteiger partial charge in [0.15, 0.2) is 0 Å². The number of benzene rings is 1. The summed E-state index contributed by atoms with van der Waals surface area (Å²) in [5.41, 5.74) is 1.69. The Morgan fingerprint density at radius 3 is 1.77 bits per heavy atom. The smallest absolute Gasteiger partial charge is 0.290 e. The third-order valence-electron chi connectivity index (χ3n) is 1.64. The second-order valence-corrected chi connectivity index (χ2v) is 3.72. The average Bonchev–Trinajstić information content (AvgIpc) is 2.06. The van der Waals surface area contributed by atoms with Gasteiger partial charge in [-0.2, -0.15) is 0 Å². The summed E-state index contributed by atoms with van der Waals surface area (Å²) in [5.74, 6) is 0. The van der Waals surface area contributed by atoms with Gasteiger partial charge in [0.05, 0.1) is 0 Å². The molecular weight excluding hydrogens is 164 g/mol. The third-order valence-corrected chi connectivity index (χ3v) is 1.64. The van der Waals surface area contributed by atoms with E-state index in [0.717, 1.165) is 0 Å². The van der Waals surface area contributed by atoms with E-state index in [-0.39, 0.29) is 6.47 Å². The van der Waals surface area contributed by atoms with Gasteiger partial charge in [0.25, 0.3) is 6.47 Å². The van der Waals surface area contributed by atoms with Crippen LogP contribution in [0.3, 0.4) is 0 Å². The Morgan fingerprint density at radius 1 is 1.15 bits per heavy atom. The molecule has 0 saturated carbocycles. The molecule has 2 heteroatoms. The third kappa shape index (κ3) is 5.01. The topological polar surface area (TPSA) is 37.3 Å². The molecule has 13 heavy (non-hydrogen) atoms. The van der Waals surface area contributed by atoms with Gasteiger partial charge in [-0.05, 0) is 11.0 Å². The lowest BCUT2D eigenvalue weighted by molar-refractivity contribution is -0.122. The van der Waals surface area contributed by atoms with Crippen molar-refractivity contribution in [3.8, 4) is 0 Å². The van der Waals surface area contributed by atoms with Crippen LogP contribution in [-0.4, -0.2) is 11.6 Å². The van der Waals surface area contributed by atoms with Crippen molar-refractivity contribution in [2.24, 2.45) is 0 Å². The second kappa shape index (κ2) is 5.36. The van der Waals surface area contributed by atoms with Gasteiger partial charge in [0.2, 0.25) is 0 Å². The molecule has 0 unspecified atom stereocenters. The lowest BCUT2D eigenvalue weighted by atomic mass is 9.87. The normalized spacial score (nSPS) is 9.77. The van der Waals surface area contributed by atoms with E-state index in [2.05, 4.69) is 51.1 Å². The molecule has 0 aromatic heterocycles. The van der Waals surface area contributed by atoms with E-state index in [4.69, 9.17) is 9.90 Å². The van der Waals surface area contributed by atoms with E-state index in [0.29, 0.717) is 5.41 Å². The highest BCUT2D eigenvalue weighted by Gasteiger charge is 2.11. The van der Waals surface area contributed by atoms with Gasteiger partial charge >= 0.3 is 0 Å². The number of hydrogen-bond donors (Lipinski definition) is 1. The lowest BCUT2D eigenvalue weighted by Crippen LogP contribution is -2.10. The van der Waals surface area contributed by atoms with Crippen molar-refractivity contribution < 1.29 is 9.90 Å². The van der Waals surface area contributed by atoms with E-state index in [1.165, 1.54) is 5.56 Å². The minimum atomic E-state index is -0.250. The second-order valence-electron chi connectivity index (χ2n) is 3.72. The quantitative estimate of drug-likeness (QED) is 0.623. The van der Waals surface area contributed by atoms with Gasteiger partial charge in [-0.15, -0.1) is 0 Å². The number of rotatable bonds is 0. The van der Waals surface area contributed by atoms with Crippen molar-refractivity contribution in [2.75, 3.05) is 0 Å². The predicted octanol–water partition coefficient (Wildman–Crippen LogP) is 2.68. The molecule has 0 fully saturated rings. The van der Waals surface area contributed by atoms with Crippen molar-refractivity contribution in [1.82, 2.24) is 0 Å². The molecule has 0 heterocycles. The summed E-state index contributed by atoms with van der Waals surface area (Å²) in [7, 11) is 0. The summed E-state index contributed by atoms with van der Waals surface area (Å²) in [6, 6.07) is 10.6. The minimum Gasteiger partial charge on any atom is -0.483 e. The first-order chi connectivity index (χ1) is 6.02. The van der Waals surface area contributed by atoms with E-state index >= 15 is 0 Å². The fourth-order valence-corrected chi connectivity index (χ4v) is 0.938. The van der Waals surface area contributed by atoms with E-state index in [1.807, 2.05) is 0 Å². The molecule has 0 radical (unpaired) electrons. The first-order valence-electron chi connectivity index (χ1n) is 4.15. The number of carboxylic acid groups (broad SMARTS) is 1. The Bertz CT molecular complexity index is 234. The standard InChI is InChI=1S/C10H14.CH2O2/c1-10(2,3)9-7-5-4-6-8-9;2-1-3/h4-8H,1-3H3;1H,(H,2,3). The molecule has 72 valence electrons. The van der Waals surface area contributed by atoms with Crippen LogP contribution in [0.25, 0.3) is 0 Å². The monoisotopic (exact) mass is 180 g/mol. The molecule has 0 amide bonds. The number of carbonyl (C=O) groups is 1. The molecule has 0 atom stereocenters. The SMILES string of the molecule is CC(C)(C)c1ccccc1.O=CO. The summed E-state index contributed by atoms with van der Waals surface area (Å²) >= 11 is 0. The summed E-state index contributed by atoms with van der Waals surface area (Å²) in [6.07, 6.45) is 0. The zero-order valence-corrected chi connectivity index (χ0v) is 8.32. The Balaban J connectivity index is 0.000000424. The summed E-state index contributed by atoms with van der Waals surface area (Å²) in [4.78, 5) is 8.36. The van der Waals surface area contributed by atoms with Crippen molar-refractivity contribution in [3.05, 3.63) is 35.9 Å². The van der Waals surface area contributed by atoms with Crippen molar-refractivity contribution in [2.45, 2.75) is 26.2 Å². The summed E-state index contributed by atoms with van der Waals surface area (Å²) in [5, 5.41) is 6.89. The Labute approximate surface area is 79.2 Å². The van der Waals surface area contributed by atoms with Gasteiger partial charge in [-0.3, -0.25) is 4.79 Å². The molecule has 0 saturated heterocycles. The maximum absolute atomic E-state index is 8.36. The highest BCUT2D eigenvalue weighted by atomic mass is 16.3. The average molecular weight is 180 g/mol. The molecule has 1 rings (SSSR count). The van der Waals surface area contributed by atoms with Crippen molar-refractivity contribution >= 4 is 6.47 Å². The van der Waals surface area contributed by atoms with Crippen LogP contribution in [0, 0.1) is 0 Å². The van der Waals surface area contributed by atoms with Crippen molar-refractivity contribution in [1.29, 1.82) is 0 Å². The van der Waals surface area contributed by atoms with Gasteiger partial charge in [-0.25, -0.2) is 0 Å². The largest absolute Gasteiger partial charge is 0.483 e. The molecule has 0 aliphatic heterocycles. The van der Waals surface area contributed by atoms with Crippen LogP contribution in [-0.2, 0) is 10.2 Å². The zero-order valence-electron chi connectivity index (χ0n) is 8.32. The van der Waals surface area contributed by atoms with E-state index in [9.17, 15) is 0 Å². The Kier molecular flexibility index (Phi) is 4.82. The zero-order chi connectivity index (χ0) is 10.3. The maximum atomic E-state index is 8.36.